The number of ether oxygens (including phenoxy) is 1. The molecule has 6 heteroatoms. The molecule has 0 saturated carbocycles. The molecule has 0 unspecified atom stereocenters. The zero-order valence-corrected chi connectivity index (χ0v) is 8.92. The largest absolute Gasteiger partial charge is 0.497 e. The zero-order chi connectivity index (χ0) is 12.4. The van der Waals surface area contributed by atoms with Gasteiger partial charge in [-0.05, 0) is 6.07 Å². The highest BCUT2D eigenvalue weighted by molar-refractivity contribution is 5.92. The molecule has 17 heavy (non-hydrogen) atoms. The van der Waals surface area contributed by atoms with Crippen LogP contribution in [-0.2, 0) is 0 Å². The number of aromatic carboxylic acids is 1. The number of carboxylic acids is 1. The lowest BCUT2D eigenvalue weighted by Crippen LogP contribution is -2.09. The molecule has 0 aliphatic rings. The highest BCUT2D eigenvalue weighted by atomic mass is 19.1. The van der Waals surface area contributed by atoms with Crippen molar-refractivity contribution in [3.63, 3.8) is 0 Å². The second-order valence-corrected chi connectivity index (χ2v) is 3.26. The molecule has 0 aliphatic carbocycles. The number of methoxy groups -OCH3 is 1. The Bertz CT molecular complexity index is 552. The van der Waals surface area contributed by atoms with E-state index in [1.165, 1.54) is 30.3 Å². The van der Waals surface area contributed by atoms with Gasteiger partial charge in [-0.15, -0.1) is 0 Å². The summed E-state index contributed by atoms with van der Waals surface area (Å²) in [4.78, 5) is 11.0. The number of hydrogen-bond acceptors (Lipinski definition) is 3. The number of halogens is 1. The van der Waals surface area contributed by atoms with Gasteiger partial charge in [0.1, 0.15) is 17.1 Å². The second kappa shape index (κ2) is 4.25. The van der Waals surface area contributed by atoms with Gasteiger partial charge in [0.2, 0.25) is 0 Å². The molecule has 0 atom stereocenters. The van der Waals surface area contributed by atoms with Crippen LogP contribution in [0.4, 0.5) is 4.39 Å². The van der Waals surface area contributed by atoms with Crippen LogP contribution in [0.5, 0.6) is 5.75 Å². The van der Waals surface area contributed by atoms with Crippen molar-refractivity contribution in [1.82, 2.24) is 9.78 Å². The Labute approximate surface area is 96.1 Å². The van der Waals surface area contributed by atoms with E-state index in [4.69, 9.17) is 9.84 Å². The van der Waals surface area contributed by atoms with Crippen LogP contribution in [0, 0.1) is 5.82 Å². The second-order valence-electron chi connectivity index (χ2n) is 3.26. The summed E-state index contributed by atoms with van der Waals surface area (Å²) < 4.78 is 19.8. The molecule has 5 nitrogen and oxygen atoms in total. The van der Waals surface area contributed by atoms with E-state index in [0.717, 1.165) is 6.07 Å². The van der Waals surface area contributed by atoms with Gasteiger partial charge in [-0.2, -0.15) is 5.10 Å². The minimum atomic E-state index is -1.35. The number of carboxylic acid groups (broad SMARTS) is 1. The van der Waals surface area contributed by atoms with Crippen LogP contribution >= 0.6 is 0 Å². The first kappa shape index (κ1) is 11.1. The molecule has 0 bridgehead atoms. The molecule has 1 aromatic heterocycles. The summed E-state index contributed by atoms with van der Waals surface area (Å²) in [7, 11) is 1.38. The molecule has 2 aromatic rings. The fourth-order valence-electron chi connectivity index (χ4n) is 1.49. The lowest BCUT2D eigenvalue weighted by Gasteiger charge is -2.09. The van der Waals surface area contributed by atoms with Gasteiger partial charge in [0.25, 0.3) is 0 Å². The number of rotatable bonds is 3. The van der Waals surface area contributed by atoms with E-state index >= 15 is 0 Å². The Kier molecular flexibility index (Phi) is 2.78. The third-order valence-electron chi connectivity index (χ3n) is 2.24. The Hall–Kier alpha value is -2.37. The standard InChI is InChI=1S/C11H9FN2O3/c1-17-7-5-8(12)10(11(15)16)9(6-7)14-4-2-3-13-14/h2-6H,1H3,(H,15,16). The number of carbonyl (C=O) groups is 1. The van der Waals surface area contributed by atoms with Crippen LogP contribution in [0.1, 0.15) is 10.4 Å². The maximum atomic E-state index is 13.6. The highest BCUT2D eigenvalue weighted by Crippen LogP contribution is 2.24. The van der Waals surface area contributed by atoms with Gasteiger partial charge >= 0.3 is 5.97 Å². The third kappa shape index (κ3) is 1.96. The fourth-order valence-corrected chi connectivity index (χ4v) is 1.49. The van der Waals surface area contributed by atoms with Gasteiger partial charge in [-0.3, -0.25) is 0 Å². The van der Waals surface area contributed by atoms with Gasteiger partial charge in [-0.1, -0.05) is 0 Å². The van der Waals surface area contributed by atoms with Crippen molar-refractivity contribution in [2.24, 2.45) is 0 Å². The maximum Gasteiger partial charge on any atom is 0.340 e. The van der Waals surface area contributed by atoms with Crippen molar-refractivity contribution in [2.45, 2.75) is 0 Å². The molecule has 1 heterocycles. The minimum Gasteiger partial charge on any atom is -0.497 e. The summed E-state index contributed by atoms with van der Waals surface area (Å²) in [6, 6.07) is 4.05. The summed E-state index contributed by atoms with van der Waals surface area (Å²) in [5.74, 6) is -1.98. The fraction of sp³-hybridized carbons (Fsp3) is 0.0909. The average molecular weight is 236 g/mol. The molecular formula is C11H9FN2O3. The maximum absolute atomic E-state index is 13.6. The molecule has 1 aromatic carbocycles. The van der Waals surface area contributed by atoms with Crippen LogP contribution in [0.15, 0.2) is 30.6 Å². The smallest absolute Gasteiger partial charge is 0.340 e. The van der Waals surface area contributed by atoms with E-state index < -0.39 is 17.3 Å². The number of benzene rings is 1. The highest BCUT2D eigenvalue weighted by Gasteiger charge is 2.19. The number of hydrogen-bond donors (Lipinski definition) is 1. The Morgan fingerprint density at radius 2 is 2.29 bits per heavy atom. The molecule has 0 amide bonds. The molecular weight excluding hydrogens is 227 g/mol. The average Bonchev–Trinajstić information content (AvgIpc) is 2.80. The molecule has 0 aliphatic heterocycles. The third-order valence-corrected chi connectivity index (χ3v) is 2.24. The molecule has 2 rings (SSSR count). The van der Waals surface area contributed by atoms with Gasteiger partial charge in [0, 0.05) is 24.5 Å². The lowest BCUT2D eigenvalue weighted by molar-refractivity contribution is 0.0691. The van der Waals surface area contributed by atoms with Crippen molar-refractivity contribution in [3.05, 3.63) is 42.0 Å². The summed E-state index contributed by atoms with van der Waals surface area (Å²) >= 11 is 0. The first-order valence-corrected chi connectivity index (χ1v) is 4.74. The lowest BCUT2D eigenvalue weighted by atomic mass is 10.1. The van der Waals surface area contributed by atoms with Crippen molar-refractivity contribution in [2.75, 3.05) is 7.11 Å². The van der Waals surface area contributed by atoms with Gasteiger partial charge < -0.3 is 9.84 Å². The van der Waals surface area contributed by atoms with Crippen molar-refractivity contribution >= 4 is 5.97 Å². The summed E-state index contributed by atoms with van der Waals surface area (Å²) in [5, 5.41) is 12.9. The quantitative estimate of drug-likeness (QED) is 0.881. The van der Waals surface area contributed by atoms with Crippen LogP contribution in [0.3, 0.4) is 0 Å². The predicted molar refractivity (Wildman–Crippen MR) is 57.0 cm³/mol. The topological polar surface area (TPSA) is 64.3 Å². The number of aromatic nitrogens is 2. The molecule has 88 valence electrons. The molecule has 0 saturated heterocycles. The monoisotopic (exact) mass is 236 g/mol. The van der Waals surface area contributed by atoms with E-state index in [1.54, 1.807) is 6.07 Å². The van der Waals surface area contributed by atoms with E-state index in [-0.39, 0.29) is 11.4 Å². The first-order valence-electron chi connectivity index (χ1n) is 4.74. The minimum absolute atomic E-state index is 0.124. The van der Waals surface area contributed by atoms with Crippen molar-refractivity contribution < 1.29 is 19.0 Å². The Balaban J connectivity index is 2.70. The predicted octanol–water partition coefficient (Wildman–Crippen LogP) is 1.72. The Morgan fingerprint density at radius 3 is 2.82 bits per heavy atom. The SMILES string of the molecule is COc1cc(F)c(C(=O)O)c(-n2cccn2)c1. The van der Waals surface area contributed by atoms with E-state index in [1.807, 2.05) is 0 Å². The normalized spacial score (nSPS) is 10.2. The zero-order valence-electron chi connectivity index (χ0n) is 8.92. The van der Waals surface area contributed by atoms with E-state index in [9.17, 15) is 9.18 Å². The van der Waals surface area contributed by atoms with Gasteiger partial charge in [-0.25, -0.2) is 13.9 Å². The van der Waals surface area contributed by atoms with E-state index in [0.29, 0.717) is 0 Å². The molecule has 0 spiro atoms. The van der Waals surface area contributed by atoms with E-state index in [2.05, 4.69) is 5.10 Å². The van der Waals surface area contributed by atoms with Gasteiger partial charge in [0.05, 0.1) is 12.8 Å². The first-order chi connectivity index (χ1) is 8.13. The molecule has 1 N–H and O–H groups in total. The van der Waals surface area contributed by atoms with Gasteiger partial charge in [0.15, 0.2) is 0 Å². The van der Waals surface area contributed by atoms with Crippen LogP contribution in [0.25, 0.3) is 5.69 Å². The van der Waals surface area contributed by atoms with Crippen LogP contribution < -0.4 is 4.74 Å². The van der Waals surface area contributed by atoms with Crippen LogP contribution in [0.2, 0.25) is 0 Å². The summed E-state index contributed by atoms with van der Waals surface area (Å²) in [6.45, 7) is 0. The van der Waals surface area contributed by atoms with Crippen molar-refractivity contribution in [3.8, 4) is 11.4 Å². The Morgan fingerprint density at radius 1 is 1.53 bits per heavy atom. The van der Waals surface area contributed by atoms with Crippen molar-refractivity contribution in [1.29, 1.82) is 0 Å². The summed E-state index contributed by atoms with van der Waals surface area (Å²) in [5.41, 5.74) is -0.311. The van der Waals surface area contributed by atoms with Crippen LogP contribution in [-0.4, -0.2) is 28.0 Å². The summed E-state index contributed by atoms with van der Waals surface area (Å²) in [6.07, 6.45) is 3.00. The number of nitrogens with zero attached hydrogens (tertiary/aromatic N) is 2. The molecule has 0 fully saturated rings. The molecule has 0 radical (unpaired) electrons.